The summed E-state index contributed by atoms with van der Waals surface area (Å²) in [5.74, 6) is -0.509. The quantitative estimate of drug-likeness (QED) is 0.229. The molecule has 0 spiro atoms. The highest BCUT2D eigenvalue weighted by Crippen LogP contribution is 2.42. The van der Waals surface area contributed by atoms with Crippen molar-refractivity contribution in [3.05, 3.63) is 120 Å². The molecule has 180 valence electrons. The molecule has 5 nitrogen and oxygen atoms in total. The van der Waals surface area contributed by atoms with Gasteiger partial charge in [0.05, 0.1) is 23.7 Å². The Kier molecular flexibility index (Phi) is 4.96. The minimum atomic E-state index is -0.258. The van der Waals surface area contributed by atoms with Gasteiger partial charge in [-0.15, -0.1) is 0 Å². The van der Waals surface area contributed by atoms with Crippen LogP contribution in [0.25, 0.3) is 33.0 Å². The third kappa shape index (κ3) is 3.39. The summed E-state index contributed by atoms with van der Waals surface area (Å²) in [5, 5.41) is 1.91. The van der Waals surface area contributed by atoms with E-state index in [1.54, 1.807) is 0 Å². The first-order valence-corrected chi connectivity index (χ1v) is 12.7. The molecule has 37 heavy (non-hydrogen) atoms. The van der Waals surface area contributed by atoms with Crippen LogP contribution in [0.15, 0.2) is 103 Å². The Morgan fingerprint density at radius 1 is 0.784 bits per heavy atom. The predicted octanol–water partition coefficient (Wildman–Crippen LogP) is 6.49. The number of nitrogens with zero attached hydrogens (tertiary/aromatic N) is 2. The number of H-pyrrole nitrogens is 1. The van der Waals surface area contributed by atoms with Gasteiger partial charge in [0.1, 0.15) is 0 Å². The van der Waals surface area contributed by atoms with Gasteiger partial charge in [-0.05, 0) is 30.5 Å². The van der Waals surface area contributed by atoms with Crippen LogP contribution in [0.1, 0.15) is 35.6 Å². The molecule has 5 heteroatoms. The second kappa shape index (κ2) is 8.49. The van der Waals surface area contributed by atoms with Gasteiger partial charge in [-0.25, -0.2) is 0 Å². The summed E-state index contributed by atoms with van der Waals surface area (Å²) in [6.07, 6.45) is 10.4. The lowest BCUT2D eigenvalue weighted by atomic mass is 9.95. The van der Waals surface area contributed by atoms with Gasteiger partial charge in [0, 0.05) is 45.3 Å². The first-order valence-electron chi connectivity index (χ1n) is 12.7. The molecule has 0 saturated heterocycles. The number of fused-ring (bicyclic) bond motifs is 2. The smallest absolute Gasteiger partial charge is 0.262 e. The number of carbonyl (C=O) groups excluding carboxylic acids is 2. The molecule has 5 aromatic rings. The van der Waals surface area contributed by atoms with Crippen LogP contribution in [0.3, 0.4) is 0 Å². The number of hydrogen-bond acceptors (Lipinski definition) is 2. The van der Waals surface area contributed by atoms with Crippen LogP contribution in [-0.2, 0) is 16.1 Å². The predicted molar refractivity (Wildman–Crippen MR) is 146 cm³/mol. The summed E-state index contributed by atoms with van der Waals surface area (Å²) >= 11 is 0. The van der Waals surface area contributed by atoms with E-state index in [0.29, 0.717) is 11.1 Å². The molecule has 0 bridgehead atoms. The third-order valence-corrected chi connectivity index (χ3v) is 7.56. The van der Waals surface area contributed by atoms with Crippen LogP contribution in [0.4, 0.5) is 0 Å². The van der Waals surface area contributed by atoms with E-state index in [1.807, 2.05) is 72.9 Å². The summed E-state index contributed by atoms with van der Waals surface area (Å²) in [6.45, 7) is 0.234. The van der Waals surface area contributed by atoms with Crippen molar-refractivity contribution >= 4 is 44.8 Å². The SMILES string of the molecule is O=C1C(c2c[nH]c3ccccc23)=C(c2cn(C3C=CCC3)c3ccccc23)C(=O)N1Cc1ccccc1. The number of para-hydroxylation sites is 2. The van der Waals surface area contributed by atoms with Crippen molar-refractivity contribution in [1.82, 2.24) is 14.5 Å². The zero-order valence-corrected chi connectivity index (χ0v) is 20.2. The number of nitrogens with one attached hydrogen (secondary N) is 1. The number of rotatable bonds is 5. The number of aromatic amines is 1. The zero-order valence-electron chi connectivity index (χ0n) is 20.2. The normalized spacial score (nSPS) is 17.7. The molecule has 1 unspecified atom stereocenters. The number of imide groups is 1. The average Bonchev–Trinajstić information content (AvgIpc) is 3.72. The van der Waals surface area contributed by atoms with Crippen molar-refractivity contribution in [2.45, 2.75) is 25.4 Å². The molecule has 3 heterocycles. The number of carbonyl (C=O) groups is 2. The minimum Gasteiger partial charge on any atom is -0.361 e. The first-order chi connectivity index (χ1) is 18.2. The fourth-order valence-electron chi connectivity index (χ4n) is 5.79. The highest BCUT2D eigenvalue weighted by atomic mass is 16.2. The standard InChI is InChI=1S/C32H25N3O2/c36-31-29(25-18-33-27-16-8-6-14-23(25)27)30(32(37)35(31)19-21-10-2-1-3-11-21)26-20-34(22-12-4-5-13-22)28-17-9-7-15-24(26)28/h1-4,6-12,14-18,20,22,33H,5,13,19H2. The summed E-state index contributed by atoms with van der Waals surface area (Å²) in [7, 11) is 0. The van der Waals surface area contributed by atoms with E-state index in [2.05, 4.69) is 40.0 Å². The Hall–Kier alpha value is -4.64. The van der Waals surface area contributed by atoms with E-state index < -0.39 is 0 Å². The summed E-state index contributed by atoms with van der Waals surface area (Å²) in [5.41, 5.74) is 5.43. The van der Waals surface area contributed by atoms with Crippen LogP contribution in [-0.4, -0.2) is 26.3 Å². The molecular weight excluding hydrogens is 458 g/mol. The Morgan fingerprint density at radius 3 is 2.27 bits per heavy atom. The average molecular weight is 484 g/mol. The number of benzene rings is 3. The van der Waals surface area contributed by atoms with Crippen molar-refractivity contribution in [2.75, 3.05) is 0 Å². The van der Waals surface area contributed by atoms with Gasteiger partial charge >= 0.3 is 0 Å². The minimum absolute atomic E-state index is 0.234. The maximum Gasteiger partial charge on any atom is 0.262 e. The maximum atomic E-state index is 14.2. The second-order valence-electron chi connectivity index (χ2n) is 9.72. The highest BCUT2D eigenvalue weighted by Gasteiger charge is 2.41. The molecule has 2 aliphatic rings. The monoisotopic (exact) mass is 483 g/mol. The van der Waals surface area contributed by atoms with E-state index >= 15 is 0 Å². The van der Waals surface area contributed by atoms with Crippen molar-refractivity contribution in [3.63, 3.8) is 0 Å². The molecule has 1 atom stereocenters. The summed E-state index contributed by atoms with van der Waals surface area (Å²) in [4.78, 5) is 32.9. The largest absolute Gasteiger partial charge is 0.361 e. The maximum absolute atomic E-state index is 14.2. The van der Waals surface area contributed by atoms with Gasteiger partial charge in [-0.3, -0.25) is 14.5 Å². The van der Waals surface area contributed by atoms with E-state index in [-0.39, 0.29) is 24.4 Å². The van der Waals surface area contributed by atoms with Crippen LogP contribution in [0, 0.1) is 0 Å². The number of aromatic nitrogens is 2. The Labute approximate surface area is 214 Å². The van der Waals surface area contributed by atoms with Gasteiger partial charge in [-0.1, -0.05) is 78.9 Å². The fourth-order valence-corrected chi connectivity index (χ4v) is 5.79. The van der Waals surface area contributed by atoms with Crippen molar-refractivity contribution in [3.8, 4) is 0 Å². The molecule has 1 N–H and O–H groups in total. The van der Waals surface area contributed by atoms with Crippen LogP contribution in [0.5, 0.6) is 0 Å². The number of hydrogen-bond donors (Lipinski definition) is 1. The molecule has 7 rings (SSSR count). The number of amides is 2. The van der Waals surface area contributed by atoms with Gasteiger partial charge in [0.25, 0.3) is 11.8 Å². The van der Waals surface area contributed by atoms with Gasteiger partial charge in [-0.2, -0.15) is 0 Å². The zero-order chi connectivity index (χ0) is 24.9. The number of allylic oxidation sites excluding steroid dienone is 2. The van der Waals surface area contributed by atoms with Crippen LogP contribution in [0.2, 0.25) is 0 Å². The molecule has 1 aliphatic heterocycles. The van der Waals surface area contributed by atoms with E-state index in [0.717, 1.165) is 51.3 Å². The van der Waals surface area contributed by atoms with Gasteiger partial charge < -0.3 is 9.55 Å². The molecule has 0 radical (unpaired) electrons. The van der Waals surface area contributed by atoms with Gasteiger partial charge in [0.15, 0.2) is 0 Å². The molecule has 1 aliphatic carbocycles. The fraction of sp³-hybridized carbons (Fsp3) is 0.125. The molecule has 2 aromatic heterocycles. The molecule has 3 aromatic carbocycles. The molecule has 0 fully saturated rings. The van der Waals surface area contributed by atoms with Crippen molar-refractivity contribution < 1.29 is 9.59 Å². The molecule has 2 amide bonds. The lowest BCUT2D eigenvalue weighted by Crippen LogP contribution is -2.30. The molecular formula is C32H25N3O2. The van der Waals surface area contributed by atoms with Crippen LogP contribution >= 0.6 is 0 Å². The third-order valence-electron chi connectivity index (χ3n) is 7.56. The highest BCUT2D eigenvalue weighted by molar-refractivity contribution is 6.50. The van der Waals surface area contributed by atoms with Crippen LogP contribution < -0.4 is 0 Å². The summed E-state index contributed by atoms with van der Waals surface area (Å²) in [6, 6.07) is 26.0. The Bertz CT molecular complexity index is 1750. The first kappa shape index (κ1) is 21.6. The van der Waals surface area contributed by atoms with Gasteiger partial charge in [0.2, 0.25) is 0 Å². The lowest BCUT2D eigenvalue weighted by molar-refractivity contribution is -0.136. The summed E-state index contributed by atoms with van der Waals surface area (Å²) < 4.78 is 2.26. The topological polar surface area (TPSA) is 58.1 Å². The second-order valence-corrected chi connectivity index (χ2v) is 9.72. The van der Waals surface area contributed by atoms with Crippen molar-refractivity contribution in [2.24, 2.45) is 0 Å². The lowest BCUT2D eigenvalue weighted by Gasteiger charge is -2.15. The van der Waals surface area contributed by atoms with E-state index in [9.17, 15) is 9.59 Å². The van der Waals surface area contributed by atoms with E-state index in [1.165, 1.54) is 4.90 Å². The Balaban J connectivity index is 1.47. The van der Waals surface area contributed by atoms with Crippen molar-refractivity contribution in [1.29, 1.82) is 0 Å². The molecule has 0 saturated carbocycles. The van der Waals surface area contributed by atoms with E-state index in [4.69, 9.17) is 0 Å². The Morgan fingerprint density at radius 2 is 1.49 bits per heavy atom.